The second-order valence-corrected chi connectivity index (χ2v) is 9.60. The molecule has 31 heavy (non-hydrogen) atoms. The smallest absolute Gasteiger partial charge is 0.338 e. The van der Waals surface area contributed by atoms with Crippen LogP contribution in [0.15, 0.2) is 51.7 Å². The normalized spacial score (nSPS) is 18.2. The number of benzene rings is 2. The third-order valence-electron chi connectivity index (χ3n) is 5.75. The van der Waals surface area contributed by atoms with Gasteiger partial charge >= 0.3 is 5.97 Å². The number of carbonyl (C=O) groups excluding carboxylic acids is 1. The van der Waals surface area contributed by atoms with Crippen LogP contribution in [-0.2, 0) is 11.2 Å². The van der Waals surface area contributed by atoms with Crippen molar-refractivity contribution in [3.05, 3.63) is 80.7 Å². The van der Waals surface area contributed by atoms with Crippen LogP contribution in [0.5, 0.6) is 0 Å². The standard InChI is InChI=1S/C27H30O4/c1-6-8-19-24(28)22-14-18(26(29)31-27(3,4)5)11-12-23(22)30-25(19)21-15-20(21)17-10-7-9-16(2)13-17/h7,9-14,20-21H,6,8,15H2,1-5H3. The van der Waals surface area contributed by atoms with Crippen molar-refractivity contribution in [2.45, 2.75) is 71.3 Å². The zero-order valence-corrected chi connectivity index (χ0v) is 19.0. The maximum Gasteiger partial charge on any atom is 0.338 e. The molecular formula is C27H30O4. The fraction of sp³-hybridized carbons (Fsp3) is 0.407. The lowest BCUT2D eigenvalue weighted by Crippen LogP contribution is -2.24. The van der Waals surface area contributed by atoms with Gasteiger partial charge in [-0.2, -0.15) is 0 Å². The number of fused-ring (bicyclic) bond motifs is 1. The number of aryl methyl sites for hydroxylation is 1. The summed E-state index contributed by atoms with van der Waals surface area (Å²) in [5, 5.41) is 0.448. The Hall–Kier alpha value is -2.88. The highest BCUT2D eigenvalue weighted by Crippen LogP contribution is 2.55. The first kappa shape index (κ1) is 21.4. The molecule has 1 aliphatic rings. The molecule has 1 saturated carbocycles. The number of ether oxygens (including phenoxy) is 1. The van der Waals surface area contributed by atoms with Crippen molar-refractivity contribution >= 4 is 16.9 Å². The van der Waals surface area contributed by atoms with E-state index in [2.05, 4.69) is 38.1 Å². The molecule has 4 rings (SSSR count). The lowest BCUT2D eigenvalue weighted by molar-refractivity contribution is 0.00697. The molecule has 4 nitrogen and oxygen atoms in total. The van der Waals surface area contributed by atoms with Gasteiger partial charge in [0.1, 0.15) is 16.9 Å². The molecule has 0 radical (unpaired) electrons. The summed E-state index contributed by atoms with van der Waals surface area (Å²) >= 11 is 0. The van der Waals surface area contributed by atoms with E-state index in [0.717, 1.165) is 24.2 Å². The monoisotopic (exact) mass is 418 g/mol. The van der Waals surface area contributed by atoms with Crippen molar-refractivity contribution in [3.63, 3.8) is 0 Å². The maximum absolute atomic E-state index is 13.4. The van der Waals surface area contributed by atoms with Gasteiger partial charge in [-0.1, -0.05) is 43.2 Å². The molecule has 0 aliphatic heterocycles. The van der Waals surface area contributed by atoms with E-state index in [-0.39, 0.29) is 11.3 Å². The van der Waals surface area contributed by atoms with Crippen molar-refractivity contribution in [1.29, 1.82) is 0 Å². The highest BCUT2D eigenvalue weighted by molar-refractivity contribution is 5.94. The maximum atomic E-state index is 13.4. The number of hydrogen-bond acceptors (Lipinski definition) is 4. The van der Waals surface area contributed by atoms with Crippen molar-refractivity contribution in [3.8, 4) is 0 Å². The number of hydrogen-bond donors (Lipinski definition) is 0. The van der Waals surface area contributed by atoms with E-state index in [9.17, 15) is 9.59 Å². The van der Waals surface area contributed by atoms with Crippen molar-refractivity contribution in [2.24, 2.45) is 0 Å². The second-order valence-electron chi connectivity index (χ2n) is 9.60. The summed E-state index contributed by atoms with van der Waals surface area (Å²) in [4.78, 5) is 25.9. The minimum atomic E-state index is -0.593. The third-order valence-corrected chi connectivity index (χ3v) is 5.75. The first-order valence-electron chi connectivity index (χ1n) is 11.1. The average molecular weight is 419 g/mol. The van der Waals surface area contributed by atoms with Crippen molar-refractivity contribution in [1.82, 2.24) is 0 Å². The van der Waals surface area contributed by atoms with Gasteiger partial charge in [-0.25, -0.2) is 4.79 Å². The van der Waals surface area contributed by atoms with Crippen LogP contribution in [0, 0.1) is 6.92 Å². The minimum absolute atomic E-state index is 0.0293. The van der Waals surface area contributed by atoms with Crippen LogP contribution in [-0.4, -0.2) is 11.6 Å². The molecule has 0 spiro atoms. The lowest BCUT2D eigenvalue weighted by atomic mass is 10.00. The highest BCUT2D eigenvalue weighted by atomic mass is 16.6. The fourth-order valence-electron chi connectivity index (χ4n) is 4.26. The van der Waals surface area contributed by atoms with Gasteiger partial charge in [-0.05, 0) is 70.2 Å². The molecular weight excluding hydrogens is 388 g/mol. The van der Waals surface area contributed by atoms with Gasteiger partial charge < -0.3 is 9.15 Å². The number of carbonyl (C=O) groups is 1. The van der Waals surface area contributed by atoms with E-state index in [4.69, 9.17) is 9.15 Å². The van der Waals surface area contributed by atoms with Crippen LogP contribution in [0.4, 0.5) is 0 Å². The van der Waals surface area contributed by atoms with Crippen LogP contribution in [0.2, 0.25) is 0 Å². The molecule has 1 aromatic heterocycles. The van der Waals surface area contributed by atoms with E-state index < -0.39 is 11.6 Å². The Morgan fingerprint density at radius 2 is 1.90 bits per heavy atom. The summed E-state index contributed by atoms with van der Waals surface area (Å²) in [5.41, 5.74) is 3.57. The van der Waals surface area contributed by atoms with E-state index in [1.54, 1.807) is 18.2 Å². The summed E-state index contributed by atoms with van der Waals surface area (Å²) < 4.78 is 11.8. The Bertz CT molecular complexity index is 1200. The predicted molar refractivity (Wildman–Crippen MR) is 123 cm³/mol. The average Bonchev–Trinajstić information content (AvgIpc) is 3.49. The summed E-state index contributed by atoms with van der Waals surface area (Å²) in [5.74, 6) is 0.996. The first-order chi connectivity index (χ1) is 14.7. The number of esters is 1. The number of rotatable bonds is 5. The molecule has 0 saturated heterocycles. The van der Waals surface area contributed by atoms with E-state index in [0.29, 0.717) is 28.9 Å². The summed E-state index contributed by atoms with van der Waals surface area (Å²) in [6.07, 6.45) is 2.52. The molecule has 3 aromatic rings. The van der Waals surface area contributed by atoms with E-state index in [1.807, 2.05) is 20.8 Å². The van der Waals surface area contributed by atoms with Gasteiger partial charge in [0.15, 0.2) is 5.43 Å². The SMILES string of the molecule is CCCc1c(C2CC2c2cccc(C)c2)oc2ccc(C(=O)OC(C)(C)C)cc2c1=O. The lowest BCUT2D eigenvalue weighted by Gasteiger charge is -2.19. The topological polar surface area (TPSA) is 56.5 Å². The molecule has 2 unspecified atom stereocenters. The van der Waals surface area contributed by atoms with Gasteiger partial charge in [0.05, 0.1) is 10.9 Å². The molecule has 1 heterocycles. The van der Waals surface area contributed by atoms with Gasteiger partial charge in [-0.15, -0.1) is 0 Å². The molecule has 1 aliphatic carbocycles. The second kappa shape index (κ2) is 7.99. The highest BCUT2D eigenvalue weighted by Gasteiger charge is 2.43. The van der Waals surface area contributed by atoms with Crippen LogP contribution in [0.25, 0.3) is 11.0 Å². The van der Waals surface area contributed by atoms with E-state index in [1.165, 1.54) is 11.1 Å². The van der Waals surface area contributed by atoms with Gasteiger partial charge in [-0.3, -0.25) is 4.79 Å². The van der Waals surface area contributed by atoms with Gasteiger partial charge in [0, 0.05) is 11.5 Å². The van der Waals surface area contributed by atoms with E-state index >= 15 is 0 Å². The summed E-state index contributed by atoms with van der Waals surface area (Å²) in [6.45, 7) is 9.64. The molecule has 0 amide bonds. The quantitative estimate of drug-likeness (QED) is 0.458. The van der Waals surface area contributed by atoms with Gasteiger partial charge in [0.25, 0.3) is 0 Å². The zero-order chi connectivity index (χ0) is 22.3. The van der Waals surface area contributed by atoms with Crippen LogP contribution >= 0.6 is 0 Å². The fourth-order valence-corrected chi connectivity index (χ4v) is 4.26. The Morgan fingerprint density at radius 3 is 2.58 bits per heavy atom. The molecule has 0 N–H and O–H groups in total. The first-order valence-corrected chi connectivity index (χ1v) is 11.1. The van der Waals surface area contributed by atoms with Gasteiger partial charge in [0.2, 0.25) is 0 Å². The molecule has 2 aromatic carbocycles. The largest absolute Gasteiger partial charge is 0.460 e. The van der Waals surface area contributed by atoms with Crippen LogP contribution in [0.1, 0.15) is 85.2 Å². The summed E-state index contributed by atoms with van der Waals surface area (Å²) in [7, 11) is 0. The van der Waals surface area contributed by atoms with Crippen molar-refractivity contribution < 1.29 is 13.9 Å². The predicted octanol–water partition coefficient (Wildman–Crippen LogP) is 6.28. The Balaban J connectivity index is 1.74. The Kier molecular flexibility index (Phi) is 5.50. The minimum Gasteiger partial charge on any atom is -0.460 e. The zero-order valence-electron chi connectivity index (χ0n) is 19.0. The molecule has 4 heteroatoms. The Labute approximate surface area is 183 Å². The molecule has 162 valence electrons. The van der Waals surface area contributed by atoms with Crippen LogP contribution < -0.4 is 5.43 Å². The molecule has 0 bridgehead atoms. The third kappa shape index (κ3) is 4.43. The molecule has 1 fully saturated rings. The molecule has 2 atom stereocenters. The summed E-state index contributed by atoms with van der Waals surface area (Å²) in [6, 6.07) is 13.6. The van der Waals surface area contributed by atoms with Crippen molar-refractivity contribution in [2.75, 3.05) is 0 Å². The van der Waals surface area contributed by atoms with Crippen LogP contribution in [0.3, 0.4) is 0 Å². The Morgan fingerprint density at radius 1 is 1.13 bits per heavy atom.